The van der Waals surface area contributed by atoms with Crippen molar-refractivity contribution in [1.29, 1.82) is 0 Å². The Balaban J connectivity index is 2.98. The molecule has 0 bridgehead atoms. The Morgan fingerprint density at radius 1 is 1.40 bits per heavy atom. The lowest BCUT2D eigenvalue weighted by Gasteiger charge is -2.06. The van der Waals surface area contributed by atoms with Gasteiger partial charge in [0.25, 0.3) is 5.56 Å². The van der Waals surface area contributed by atoms with Crippen LogP contribution < -0.4 is 11.0 Å². The van der Waals surface area contributed by atoms with Crippen LogP contribution in [0.3, 0.4) is 0 Å². The summed E-state index contributed by atoms with van der Waals surface area (Å²) in [4.78, 5) is 11.5. The highest BCUT2D eigenvalue weighted by atomic mass is 16.4. The van der Waals surface area contributed by atoms with Crippen molar-refractivity contribution >= 4 is 23.5 Å². The van der Waals surface area contributed by atoms with Crippen molar-refractivity contribution < 1.29 is 10.0 Å². The van der Waals surface area contributed by atoms with E-state index < -0.39 is 12.7 Å². The molecule has 0 aliphatic heterocycles. The van der Waals surface area contributed by atoms with Crippen molar-refractivity contribution in [2.75, 3.05) is 0 Å². The lowest BCUT2D eigenvalue weighted by atomic mass is 9.75. The summed E-state index contributed by atoms with van der Waals surface area (Å²) in [5.41, 5.74) is 0.652. The molecule has 1 aromatic heterocycles. The zero-order valence-corrected chi connectivity index (χ0v) is 7.93. The number of aryl methyl sites for hydroxylation is 1. The summed E-state index contributed by atoms with van der Waals surface area (Å²) < 4.78 is 0. The molecular weight excluding hydrogens is 197 g/mol. The second-order valence-electron chi connectivity index (χ2n) is 3.20. The summed E-state index contributed by atoms with van der Waals surface area (Å²) in [6, 6.07) is 3.27. The van der Waals surface area contributed by atoms with Crippen LogP contribution in [-0.4, -0.2) is 32.6 Å². The van der Waals surface area contributed by atoms with E-state index in [1.165, 1.54) is 0 Å². The largest absolute Gasteiger partial charge is 0.489 e. The highest BCUT2D eigenvalue weighted by molar-refractivity contribution is 6.62. The van der Waals surface area contributed by atoms with E-state index in [1.54, 1.807) is 19.1 Å². The zero-order valence-electron chi connectivity index (χ0n) is 7.93. The fourth-order valence-electron chi connectivity index (χ4n) is 1.55. The van der Waals surface area contributed by atoms with Crippen molar-refractivity contribution in [2.45, 2.75) is 6.92 Å². The SMILES string of the molecule is Cc1ccc2nn[nH]c(=O)c2c1B(O)O. The van der Waals surface area contributed by atoms with Crippen LogP contribution in [0.4, 0.5) is 0 Å². The molecule has 0 fully saturated rings. The standard InChI is InChI=1S/C8H8BN3O3/c1-4-2-3-5-6(7(4)9(14)15)8(13)11-12-10-5/h2-3,14-15H,1H3,(H,10,11,13). The van der Waals surface area contributed by atoms with Crippen LogP contribution in [0.1, 0.15) is 5.56 Å². The number of aromatic amines is 1. The van der Waals surface area contributed by atoms with E-state index in [-0.39, 0.29) is 10.8 Å². The molecule has 7 heteroatoms. The summed E-state index contributed by atoms with van der Waals surface area (Å²) in [5.74, 6) is 0. The van der Waals surface area contributed by atoms with E-state index in [1.807, 2.05) is 0 Å². The quantitative estimate of drug-likeness (QED) is 0.482. The van der Waals surface area contributed by atoms with E-state index in [0.717, 1.165) is 0 Å². The second-order valence-corrected chi connectivity index (χ2v) is 3.20. The normalized spacial score (nSPS) is 10.6. The summed E-state index contributed by atoms with van der Waals surface area (Å²) in [6.07, 6.45) is 0. The van der Waals surface area contributed by atoms with Crippen LogP contribution in [-0.2, 0) is 0 Å². The minimum absolute atomic E-state index is 0.167. The van der Waals surface area contributed by atoms with Gasteiger partial charge in [0, 0.05) is 5.46 Å². The van der Waals surface area contributed by atoms with Crippen molar-refractivity contribution in [3.8, 4) is 0 Å². The molecule has 2 rings (SSSR count). The van der Waals surface area contributed by atoms with Crippen molar-refractivity contribution in [3.63, 3.8) is 0 Å². The van der Waals surface area contributed by atoms with Gasteiger partial charge in [-0.3, -0.25) is 4.79 Å². The average Bonchev–Trinajstić information content (AvgIpc) is 2.18. The van der Waals surface area contributed by atoms with E-state index in [9.17, 15) is 14.8 Å². The van der Waals surface area contributed by atoms with Crippen LogP contribution in [0.2, 0.25) is 0 Å². The maximum atomic E-state index is 11.5. The first-order valence-corrected chi connectivity index (χ1v) is 4.32. The molecule has 2 aromatic rings. The van der Waals surface area contributed by atoms with Gasteiger partial charge in [-0.15, -0.1) is 5.10 Å². The van der Waals surface area contributed by atoms with Gasteiger partial charge in [-0.25, -0.2) is 5.10 Å². The van der Waals surface area contributed by atoms with E-state index in [2.05, 4.69) is 15.4 Å². The molecule has 1 aromatic carbocycles. The molecule has 0 unspecified atom stereocenters. The number of nitrogens with zero attached hydrogens (tertiary/aromatic N) is 2. The van der Waals surface area contributed by atoms with Gasteiger partial charge in [-0.05, 0) is 13.0 Å². The lowest BCUT2D eigenvalue weighted by molar-refractivity contribution is 0.426. The number of nitrogens with one attached hydrogen (secondary N) is 1. The minimum Gasteiger partial charge on any atom is -0.423 e. The smallest absolute Gasteiger partial charge is 0.423 e. The second kappa shape index (κ2) is 3.45. The Kier molecular flexibility index (Phi) is 2.26. The Morgan fingerprint density at radius 2 is 2.13 bits per heavy atom. The number of aromatic nitrogens is 3. The van der Waals surface area contributed by atoms with Gasteiger partial charge in [0.05, 0.1) is 10.9 Å². The molecule has 0 saturated carbocycles. The van der Waals surface area contributed by atoms with Gasteiger partial charge in [0.1, 0.15) is 0 Å². The van der Waals surface area contributed by atoms with Gasteiger partial charge in [0.15, 0.2) is 0 Å². The number of H-pyrrole nitrogens is 1. The summed E-state index contributed by atoms with van der Waals surface area (Å²) >= 11 is 0. The molecule has 6 nitrogen and oxygen atoms in total. The first kappa shape index (κ1) is 9.82. The molecule has 1 heterocycles. The van der Waals surface area contributed by atoms with Gasteiger partial charge in [-0.2, -0.15) is 0 Å². The van der Waals surface area contributed by atoms with Crippen molar-refractivity contribution in [1.82, 2.24) is 15.4 Å². The molecule has 3 N–H and O–H groups in total. The van der Waals surface area contributed by atoms with Gasteiger partial charge >= 0.3 is 7.12 Å². The maximum Gasteiger partial charge on any atom is 0.489 e. The van der Waals surface area contributed by atoms with E-state index >= 15 is 0 Å². The molecule has 0 aliphatic rings. The van der Waals surface area contributed by atoms with Crippen LogP contribution in [0, 0.1) is 6.92 Å². The molecule has 76 valence electrons. The predicted octanol–water partition coefficient (Wildman–Crippen LogP) is -1.69. The minimum atomic E-state index is -1.70. The highest BCUT2D eigenvalue weighted by Crippen LogP contribution is 2.06. The van der Waals surface area contributed by atoms with Crippen molar-refractivity contribution in [2.24, 2.45) is 0 Å². The third-order valence-corrected chi connectivity index (χ3v) is 2.24. The average molecular weight is 205 g/mol. The van der Waals surface area contributed by atoms with Crippen LogP contribution in [0.5, 0.6) is 0 Å². The van der Waals surface area contributed by atoms with Gasteiger partial charge < -0.3 is 10.0 Å². The summed E-state index contributed by atoms with van der Waals surface area (Å²) in [6.45, 7) is 1.69. The molecule has 0 aliphatic carbocycles. The van der Waals surface area contributed by atoms with Gasteiger partial charge in [0.2, 0.25) is 0 Å². The number of fused-ring (bicyclic) bond motifs is 1. The predicted molar refractivity (Wildman–Crippen MR) is 54.7 cm³/mol. The third kappa shape index (κ3) is 1.51. The Hall–Kier alpha value is -1.73. The van der Waals surface area contributed by atoms with Crippen molar-refractivity contribution in [3.05, 3.63) is 28.0 Å². The number of hydrogen-bond acceptors (Lipinski definition) is 5. The molecule has 0 atom stereocenters. The summed E-state index contributed by atoms with van der Waals surface area (Å²) in [7, 11) is -1.70. The molecule has 0 amide bonds. The fourth-order valence-corrected chi connectivity index (χ4v) is 1.55. The number of benzene rings is 1. The van der Waals surface area contributed by atoms with E-state index in [4.69, 9.17) is 0 Å². The third-order valence-electron chi connectivity index (χ3n) is 2.24. The first-order valence-electron chi connectivity index (χ1n) is 4.32. The van der Waals surface area contributed by atoms with Crippen LogP contribution in [0.15, 0.2) is 16.9 Å². The molecule has 0 radical (unpaired) electrons. The maximum absolute atomic E-state index is 11.5. The molecule has 0 saturated heterocycles. The number of rotatable bonds is 1. The summed E-state index contributed by atoms with van der Waals surface area (Å²) in [5, 5.41) is 27.8. The van der Waals surface area contributed by atoms with Crippen LogP contribution in [0.25, 0.3) is 10.9 Å². The number of hydrogen-bond donors (Lipinski definition) is 3. The fraction of sp³-hybridized carbons (Fsp3) is 0.125. The van der Waals surface area contributed by atoms with E-state index in [0.29, 0.717) is 11.1 Å². The molecule has 15 heavy (non-hydrogen) atoms. The Morgan fingerprint density at radius 3 is 2.80 bits per heavy atom. The molecular formula is C8H8BN3O3. The first-order chi connectivity index (χ1) is 7.11. The Bertz CT molecular complexity index is 567. The lowest BCUT2D eigenvalue weighted by Crippen LogP contribution is -2.36. The zero-order chi connectivity index (χ0) is 11.0. The topological polar surface area (TPSA) is 99.1 Å². The monoisotopic (exact) mass is 205 g/mol. The Labute approximate surface area is 84.7 Å². The molecule has 0 spiro atoms. The van der Waals surface area contributed by atoms with Gasteiger partial charge in [-0.1, -0.05) is 16.8 Å². The highest BCUT2D eigenvalue weighted by Gasteiger charge is 2.20. The van der Waals surface area contributed by atoms with Crippen LogP contribution >= 0.6 is 0 Å².